The molecule has 1 nitrogen and oxygen atoms in total. The first kappa shape index (κ1) is 13.7. The summed E-state index contributed by atoms with van der Waals surface area (Å²) in [5, 5.41) is 3.64. The molecule has 0 fully saturated rings. The fourth-order valence-electron chi connectivity index (χ4n) is 2.51. The molecule has 0 radical (unpaired) electrons. The standard InChI is InChI=1S/C18H23N/c1-14(2)13-15(3)19-18-12-8-7-11-17(18)16-9-5-4-6-10-16/h4-12,14-15,19H,13H2,1-3H3. The zero-order chi connectivity index (χ0) is 13.7. The zero-order valence-electron chi connectivity index (χ0n) is 12.1. The highest BCUT2D eigenvalue weighted by molar-refractivity contribution is 5.77. The number of para-hydroxylation sites is 1. The molecule has 2 rings (SSSR count). The lowest BCUT2D eigenvalue weighted by molar-refractivity contribution is 0.540. The van der Waals surface area contributed by atoms with Gasteiger partial charge in [-0.3, -0.25) is 0 Å². The van der Waals surface area contributed by atoms with Crippen LogP contribution in [0.15, 0.2) is 54.6 Å². The number of anilines is 1. The third-order valence-corrected chi connectivity index (χ3v) is 3.24. The van der Waals surface area contributed by atoms with E-state index in [-0.39, 0.29) is 0 Å². The van der Waals surface area contributed by atoms with Gasteiger partial charge in [-0.05, 0) is 30.9 Å². The van der Waals surface area contributed by atoms with Crippen molar-refractivity contribution in [3.8, 4) is 11.1 Å². The van der Waals surface area contributed by atoms with Crippen LogP contribution in [0.4, 0.5) is 5.69 Å². The molecule has 2 aromatic rings. The smallest absolute Gasteiger partial charge is 0.0421 e. The molecule has 0 aliphatic heterocycles. The van der Waals surface area contributed by atoms with Crippen LogP contribution in [0.25, 0.3) is 11.1 Å². The first-order chi connectivity index (χ1) is 9.16. The molecular formula is C18H23N. The molecule has 0 aliphatic rings. The van der Waals surface area contributed by atoms with E-state index in [0.717, 1.165) is 0 Å². The molecule has 0 aliphatic carbocycles. The molecule has 0 saturated heterocycles. The molecule has 1 heteroatoms. The van der Waals surface area contributed by atoms with Crippen molar-refractivity contribution in [3.05, 3.63) is 54.6 Å². The SMILES string of the molecule is CC(C)CC(C)Nc1ccccc1-c1ccccc1. The summed E-state index contributed by atoms with van der Waals surface area (Å²) in [6.07, 6.45) is 1.18. The molecule has 0 bridgehead atoms. The maximum Gasteiger partial charge on any atom is 0.0421 e. The maximum absolute atomic E-state index is 3.64. The van der Waals surface area contributed by atoms with Gasteiger partial charge in [-0.2, -0.15) is 0 Å². The summed E-state index contributed by atoms with van der Waals surface area (Å²) in [4.78, 5) is 0. The number of nitrogens with one attached hydrogen (secondary N) is 1. The lowest BCUT2D eigenvalue weighted by atomic mass is 10.0. The number of hydrogen-bond donors (Lipinski definition) is 1. The van der Waals surface area contributed by atoms with Crippen LogP contribution in [0.3, 0.4) is 0 Å². The van der Waals surface area contributed by atoms with E-state index in [1.807, 2.05) is 0 Å². The fraction of sp³-hybridized carbons (Fsp3) is 0.333. The molecule has 19 heavy (non-hydrogen) atoms. The van der Waals surface area contributed by atoms with E-state index in [0.29, 0.717) is 12.0 Å². The Bertz CT molecular complexity index is 502. The molecule has 100 valence electrons. The normalized spacial score (nSPS) is 12.4. The lowest BCUT2D eigenvalue weighted by Crippen LogP contribution is -2.17. The molecule has 0 aromatic heterocycles. The lowest BCUT2D eigenvalue weighted by Gasteiger charge is -2.19. The minimum Gasteiger partial charge on any atom is -0.382 e. The van der Waals surface area contributed by atoms with Gasteiger partial charge in [-0.1, -0.05) is 62.4 Å². The van der Waals surface area contributed by atoms with Crippen molar-refractivity contribution in [2.24, 2.45) is 5.92 Å². The summed E-state index contributed by atoms with van der Waals surface area (Å²) in [5.41, 5.74) is 3.77. The van der Waals surface area contributed by atoms with Crippen molar-refractivity contribution in [2.75, 3.05) is 5.32 Å². The average molecular weight is 253 g/mol. The van der Waals surface area contributed by atoms with Gasteiger partial charge in [0.2, 0.25) is 0 Å². The van der Waals surface area contributed by atoms with Crippen LogP contribution in [0.5, 0.6) is 0 Å². The second-order valence-corrected chi connectivity index (χ2v) is 5.59. The van der Waals surface area contributed by atoms with Gasteiger partial charge < -0.3 is 5.32 Å². The van der Waals surface area contributed by atoms with E-state index in [1.165, 1.54) is 23.2 Å². The Hall–Kier alpha value is -1.76. The average Bonchev–Trinajstić information content (AvgIpc) is 2.39. The van der Waals surface area contributed by atoms with E-state index in [1.54, 1.807) is 0 Å². The number of hydrogen-bond acceptors (Lipinski definition) is 1. The summed E-state index contributed by atoms with van der Waals surface area (Å²) in [6.45, 7) is 6.78. The van der Waals surface area contributed by atoms with Crippen molar-refractivity contribution >= 4 is 5.69 Å². The van der Waals surface area contributed by atoms with Crippen molar-refractivity contribution in [3.63, 3.8) is 0 Å². The third kappa shape index (κ3) is 3.85. The second kappa shape index (κ2) is 6.42. The van der Waals surface area contributed by atoms with Crippen LogP contribution in [0.2, 0.25) is 0 Å². The van der Waals surface area contributed by atoms with E-state index in [4.69, 9.17) is 0 Å². The zero-order valence-corrected chi connectivity index (χ0v) is 12.1. The molecule has 2 aromatic carbocycles. The van der Waals surface area contributed by atoms with E-state index < -0.39 is 0 Å². The minimum absolute atomic E-state index is 0.491. The molecule has 1 atom stereocenters. The van der Waals surface area contributed by atoms with Gasteiger partial charge in [0.1, 0.15) is 0 Å². The molecule has 0 spiro atoms. The van der Waals surface area contributed by atoms with Gasteiger partial charge in [0.05, 0.1) is 0 Å². The van der Waals surface area contributed by atoms with Crippen LogP contribution in [0, 0.1) is 5.92 Å². The largest absolute Gasteiger partial charge is 0.382 e. The predicted octanol–water partition coefficient (Wildman–Crippen LogP) is 5.20. The van der Waals surface area contributed by atoms with Crippen LogP contribution in [-0.2, 0) is 0 Å². The predicted molar refractivity (Wildman–Crippen MR) is 84.4 cm³/mol. The second-order valence-electron chi connectivity index (χ2n) is 5.59. The summed E-state index contributed by atoms with van der Waals surface area (Å²) in [5.74, 6) is 0.714. The highest BCUT2D eigenvalue weighted by Gasteiger charge is 2.08. The molecule has 0 heterocycles. The first-order valence-corrected chi connectivity index (χ1v) is 7.08. The fourth-order valence-corrected chi connectivity index (χ4v) is 2.51. The van der Waals surface area contributed by atoms with E-state index in [2.05, 4.69) is 80.7 Å². The Kier molecular flexibility index (Phi) is 4.62. The Morgan fingerprint density at radius 1 is 0.842 bits per heavy atom. The molecule has 1 N–H and O–H groups in total. The van der Waals surface area contributed by atoms with Gasteiger partial charge in [-0.25, -0.2) is 0 Å². The molecule has 0 saturated carbocycles. The highest BCUT2D eigenvalue weighted by atomic mass is 14.9. The van der Waals surface area contributed by atoms with Gasteiger partial charge in [0, 0.05) is 17.3 Å². The van der Waals surface area contributed by atoms with Gasteiger partial charge in [0.25, 0.3) is 0 Å². The van der Waals surface area contributed by atoms with Crippen LogP contribution < -0.4 is 5.32 Å². The van der Waals surface area contributed by atoms with Gasteiger partial charge >= 0.3 is 0 Å². The topological polar surface area (TPSA) is 12.0 Å². The van der Waals surface area contributed by atoms with Crippen molar-refractivity contribution < 1.29 is 0 Å². The van der Waals surface area contributed by atoms with Crippen molar-refractivity contribution in [1.82, 2.24) is 0 Å². The first-order valence-electron chi connectivity index (χ1n) is 7.08. The Morgan fingerprint density at radius 2 is 1.47 bits per heavy atom. The van der Waals surface area contributed by atoms with Crippen LogP contribution in [-0.4, -0.2) is 6.04 Å². The number of benzene rings is 2. The highest BCUT2D eigenvalue weighted by Crippen LogP contribution is 2.28. The molecule has 1 unspecified atom stereocenters. The molecular weight excluding hydrogens is 230 g/mol. The van der Waals surface area contributed by atoms with E-state index in [9.17, 15) is 0 Å². The van der Waals surface area contributed by atoms with Gasteiger partial charge in [0.15, 0.2) is 0 Å². The third-order valence-electron chi connectivity index (χ3n) is 3.24. The Morgan fingerprint density at radius 3 is 2.16 bits per heavy atom. The Labute approximate surface area is 116 Å². The van der Waals surface area contributed by atoms with Crippen molar-refractivity contribution in [2.45, 2.75) is 33.2 Å². The Balaban J connectivity index is 2.22. The van der Waals surface area contributed by atoms with Crippen molar-refractivity contribution in [1.29, 1.82) is 0 Å². The monoisotopic (exact) mass is 253 g/mol. The quantitative estimate of drug-likeness (QED) is 0.772. The summed E-state index contributed by atoms with van der Waals surface area (Å²) < 4.78 is 0. The number of rotatable bonds is 5. The molecule has 0 amide bonds. The summed E-state index contributed by atoms with van der Waals surface area (Å²) in [7, 11) is 0. The summed E-state index contributed by atoms with van der Waals surface area (Å²) >= 11 is 0. The maximum atomic E-state index is 3.64. The summed E-state index contributed by atoms with van der Waals surface area (Å²) in [6, 6.07) is 19.6. The van der Waals surface area contributed by atoms with Crippen LogP contribution in [0.1, 0.15) is 27.2 Å². The van der Waals surface area contributed by atoms with Gasteiger partial charge in [-0.15, -0.1) is 0 Å². The minimum atomic E-state index is 0.491. The van der Waals surface area contributed by atoms with E-state index >= 15 is 0 Å². The van der Waals surface area contributed by atoms with Crippen LogP contribution >= 0.6 is 0 Å².